The molecule has 0 amide bonds. The maximum atomic E-state index is 12.9. The monoisotopic (exact) mass is 547 g/mol. The van der Waals surface area contributed by atoms with Gasteiger partial charge in [0.1, 0.15) is 11.9 Å². The second-order valence-electron chi connectivity index (χ2n) is 9.86. The number of nitrogens with one attached hydrogen (secondary N) is 1. The highest BCUT2D eigenvalue weighted by atomic mass is 32.2. The van der Waals surface area contributed by atoms with Crippen molar-refractivity contribution in [1.29, 1.82) is 0 Å². The number of unbranched alkanes of at least 4 members (excludes halogenated alkanes) is 2. The number of hydrogen-bond donors (Lipinski definition) is 1. The van der Waals surface area contributed by atoms with Crippen LogP contribution < -0.4 is 9.62 Å². The molecule has 2 aromatic carbocycles. The van der Waals surface area contributed by atoms with Crippen LogP contribution >= 0.6 is 0 Å². The summed E-state index contributed by atoms with van der Waals surface area (Å²) in [7, 11) is -3.55. The van der Waals surface area contributed by atoms with Crippen LogP contribution in [0.25, 0.3) is 0 Å². The Kier molecular flexibility index (Phi) is 11.3. The number of carbonyl (C=O) groups excluding carboxylic acids is 1. The number of sulfonamides is 1. The van der Waals surface area contributed by atoms with E-state index in [1.165, 1.54) is 37.3 Å². The fourth-order valence-corrected chi connectivity index (χ4v) is 6.29. The van der Waals surface area contributed by atoms with Crippen molar-refractivity contribution >= 4 is 38.4 Å². The van der Waals surface area contributed by atoms with Crippen molar-refractivity contribution in [3.05, 3.63) is 54.1 Å². The van der Waals surface area contributed by atoms with Gasteiger partial charge in [0, 0.05) is 49.9 Å². The van der Waals surface area contributed by atoms with E-state index < -0.39 is 21.2 Å². The predicted octanol–water partition coefficient (Wildman–Crippen LogP) is 4.92. The lowest BCUT2D eigenvalue weighted by Gasteiger charge is -2.40. The summed E-state index contributed by atoms with van der Waals surface area (Å²) in [5.41, 5.74) is 1.95. The SMILES string of the molecule is CCCCC(CCCCC(=O)c1ccc([S+](C)[O-])c(NS(C)(=O)=O)c1)N1CCN(c2ccccc2)CC1. The lowest BCUT2D eigenvalue weighted by Crippen LogP contribution is -2.50. The molecule has 0 bridgehead atoms. The van der Waals surface area contributed by atoms with Gasteiger partial charge in [0.15, 0.2) is 10.7 Å². The van der Waals surface area contributed by atoms with Gasteiger partial charge in [-0.1, -0.05) is 44.4 Å². The Morgan fingerprint density at radius 2 is 1.70 bits per heavy atom. The molecule has 0 aliphatic carbocycles. The van der Waals surface area contributed by atoms with Crippen LogP contribution in [0.2, 0.25) is 0 Å². The largest absolute Gasteiger partial charge is 0.612 e. The Morgan fingerprint density at radius 3 is 2.32 bits per heavy atom. The van der Waals surface area contributed by atoms with Crippen LogP contribution in [0, 0.1) is 0 Å². The molecule has 1 saturated heterocycles. The Hall–Kier alpha value is -2.07. The smallest absolute Gasteiger partial charge is 0.229 e. The van der Waals surface area contributed by atoms with Crippen LogP contribution in [0.3, 0.4) is 0 Å². The molecule has 0 aromatic heterocycles. The standard InChI is InChI=1S/C28H41N3O4S2/c1-4-5-11-24(30-18-20-31(21-19-30)25-12-7-6-8-13-25)14-9-10-15-27(32)23-16-17-28(36(2)33)26(22-23)29-37(3,34)35/h6-8,12-13,16-17,22,24,29H,4-5,9-11,14-15,18-21H2,1-3H3. The van der Waals surface area contributed by atoms with Crippen molar-refractivity contribution in [2.75, 3.05) is 48.3 Å². The normalized spacial score (nSPS) is 16.4. The van der Waals surface area contributed by atoms with Gasteiger partial charge in [-0.05, 0) is 60.8 Å². The second kappa shape index (κ2) is 14.2. The Labute approximate surface area is 225 Å². The number of piperazine rings is 1. The van der Waals surface area contributed by atoms with Crippen LogP contribution in [-0.4, -0.2) is 68.4 Å². The molecule has 1 N–H and O–H groups in total. The molecule has 1 heterocycles. The van der Waals surface area contributed by atoms with Crippen LogP contribution in [0.1, 0.15) is 62.2 Å². The van der Waals surface area contributed by atoms with E-state index in [0.717, 1.165) is 51.7 Å². The molecule has 1 aliphatic rings. The third kappa shape index (κ3) is 9.32. The molecule has 1 aliphatic heterocycles. The van der Waals surface area contributed by atoms with E-state index in [-0.39, 0.29) is 11.5 Å². The van der Waals surface area contributed by atoms with Crippen molar-refractivity contribution < 1.29 is 17.8 Å². The van der Waals surface area contributed by atoms with Gasteiger partial charge in [-0.2, -0.15) is 0 Å². The first-order valence-electron chi connectivity index (χ1n) is 13.2. The quantitative estimate of drug-likeness (QED) is 0.205. The predicted molar refractivity (Wildman–Crippen MR) is 154 cm³/mol. The van der Waals surface area contributed by atoms with Gasteiger partial charge < -0.3 is 9.45 Å². The lowest BCUT2D eigenvalue weighted by molar-refractivity contribution is 0.0976. The number of para-hydroxylation sites is 1. The maximum absolute atomic E-state index is 12.9. The van der Waals surface area contributed by atoms with Gasteiger partial charge in [-0.15, -0.1) is 0 Å². The third-order valence-electron chi connectivity index (χ3n) is 6.94. The fourth-order valence-electron chi connectivity index (χ4n) is 4.98. The highest BCUT2D eigenvalue weighted by molar-refractivity contribution is 7.92. The molecule has 1 fully saturated rings. The minimum Gasteiger partial charge on any atom is -0.612 e. The molecule has 2 atom stereocenters. The number of ketones is 1. The van der Waals surface area contributed by atoms with E-state index in [9.17, 15) is 17.8 Å². The molecule has 0 radical (unpaired) electrons. The molecule has 37 heavy (non-hydrogen) atoms. The van der Waals surface area contributed by atoms with Crippen LogP contribution in [0.5, 0.6) is 0 Å². The van der Waals surface area contributed by atoms with Crippen molar-refractivity contribution in [2.45, 2.75) is 62.8 Å². The average Bonchev–Trinajstić information content (AvgIpc) is 2.87. The highest BCUT2D eigenvalue weighted by Crippen LogP contribution is 2.26. The van der Waals surface area contributed by atoms with Crippen molar-refractivity contribution in [3.63, 3.8) is 0 Å². The molecule has 0 spiro atoms. The molecule has 2 aromatic rings. The summed E-state index contributed by atoms with van der Waals surface area (Å²) in [5.74, 6) is -0.0217. The first kappa shape index (κ1) is 29.5. The van der Waals surface area contributed by atoms with E-state index in [1.807, 2.05) is 0 Å². The first-order chi connectivity index (χ1) is 17.7. The van der Waals surface area contributed by atoms with Gasteiger partial charge in [0.2, 0.25) is 10.0 Å². The molecule has 9 heteroatoms. The van der Waals surface area contributed by atoms with Crippen molar-refractivity contribution in [1.82, 2.24) is 4.90 Å². The third-order valence-corrected chi connectivity index (χ3v) is 8.51. The molecule has 7 nitrogen and oxygen atoms in total. The van der Waals surface area contributed by atoms with E-state index in [0.29, 0.717) is 22.9 Å². The van der Waals surface area contributed by atoms with Gasteiger partial charge in [-0.3, -0.25) is 14.4 Å². The second-order valence-corrected chi connectivity index (χ2v) is 13.0. The zero-order valence-electron chi connectivity index (χ0n) is 22.3. The summed E-state index contributed by atoms with van der Waals surface area (Å²) >= 11 is -1.37. The van der Waals surface area contributed by atoms with Crippen LogP contribution in [0.4, 0.5) is 11.4 Å². The minimum atomic E-state index is -3.55. The molecule has 0 saturated carbocycles. The van der Waals surface area contributed by atoms with E-state index >= 15 is 0 Å². The summed E-state index contributed by atoms with van der Waals surface area (Å²) in [4.78, 5) is 18.3. The number of rotatable bonds is 14. The molecular weight excluding hydrogens is 506 g/mol. The molecule has 2 unspecified atom stereocenters. The van der Waals surface area contributed by atoms with Gasteiger partial charge >= 0.3 is 0 Å². The topological polar surface area (TPSA) is 92.8 Å². The van der Waals surface area contributed by atoms with Gasteiger partial charge in [0.05, 0.1) is 6.26 Å². The van der Waals surface area contributed by atoms with E-state index in [2.05, 4.69) is 51.8 Å². The number of carbonyl (C=O) groups is 1. The average molecular weight is 548 g/mol. The number of Topliss-reactive ketones (excluding diaryl/α,β-unsaturated/α-hetero) is 1. The van der Waals surface area contributed by atoms with Gasteiger partial charge in [0.25, 0.3) is 0 Å². The Balaban J connectivity index is 1.52. The van der Waals surface area contributed by atoms with Crippen LogP contribution in [-0.2, 0) is 21.2 Å². The summed E-state index contributed by atoms with van der Waals surface area (Å²) in [6.45, 7) is 6.42. The molecular formula is C28H41N3O4S2. The first-order valence-corrected chi connectivity index (χ1v) is 16.7. The van der Waals surface area contributed by atoms with E-state index in [1.54, 1.807) is 12.1 Å². The summed E-state index contributed by atoms with van der Waals surface area (Å²) in [5, 5.41) is 0. The van der Waals surface area contributed by atoms with Gasteiger partial charge in [-0.25, -0.2) is 8.42 Å². The van der Waals surface area contributed by atoms with Crippen molar-refractivity contribution in [3.8, 4) is 0 Å². The lowest BCUT2D eigenvalue weighted by atomic mass is 9.98. The number of nitrogens with zero attached hydrogens (tertiary/aromatic N) is 2. The minimum absolute atomic E-state index is 0.0217. The van der Waals surface area contributed by atoms with Crippen molar-refractivity contribution in [2.24, 2.45) is 0 Å². The number of anilines is 2. The summed E-state index contributed by atoms with van der Waals surface area (Å²) < 4.78 is 37.8. The number of hydrogen-bond acceptors (Lipinski definition) is 6. The zero-order valence-corrected chi connectivity index (χ0v) is 24.0. The zero-order chi connectivity index (χ0) is 26.8. The Bertz CT molecular complexity index is 1100. The molecule has 204 valence electrons. The Morgan fingerprint density at radius 1 is 1.03 bits per heavy atom. The molecule has 3 rings (SSSR count). The summed E-state index contributed by atoms with van der Waals surface area (Å²) in [6.07, 6.45) is 9.37. The summed E-state index contributed by atoms with van der Waals surface area (Å²) in [6, 6.07) is 15.9. The van der Waals surface area contributed by atoms with E-state index in [4.69, 9.17) is 0 Å². The maximum Gasteiger partial charge on any atom is 0.229 e. The highest BCUT2D eigenvalue weighted by Gasteiger charge is 2.24. The fraction of sp³-hybridized carbons (Fsp3) is 0.536. The van der Waals surface area contributed by atoms with Crippen LogP contribution in [0.15, 0.2) is 53.4 Å². The number of benzene rings is 2.